The van der Waals surface area contributed by atoms with E-state index in [0.29, 0.717) is 6.04 Å². The lowest BCUT2D eigenvalue weighted by Gasteiger charge is -2.46. The summed E-state index contributed by atoms with van der Waals surface area (Å²) in [5.74, 6) is 3.24. The van der Waals surface area contributed by atoms with Crippen LogP contribution in [0.5, 0.6) is 0 Å². The van der Waals surface area contributed by atoms with Gasteiger partial charge in [-0.25, -0.2) is 0 Å². The third-order valence-electron chi connectivity index (χ3n) is 4.02. The van der Waals surface area contributed by atoms with Crippen LogP contribution in [0.4, 0.5) is 0 Å². The van der Waals surface area contributed by atoms with E-state index >= 15 is 0 Å². The van der Waals surface area contributed by atoms with Gasteiger partial charge in [0.2, 0.25) is 0 Å². The van der Waals surface area contributed by atoms with Gasteiger partial charge in [-0.05, 0) is 37.1 Å². The Morgan fingerprint density at radius 3 is 2.31 bits per heavy atom. The molecule has 1 nitrogen and oxygen atoms in total. The Morgan fingerprint density at radius 1 is 1.15 bits per heavy atom. The molecule has 2 aliphatic rings. The Kier molecular flexibility index (Phi) is 2.92. The van der Waals surface area contributed by atoms with Crippen LogP contribution in [0, 0.1) is 17.8 Å². The van der Waals surface area contributed by atoms with E-state index in [-0.39, 0.29) is 0 Å². The highest BCUT2D eigenvalue weighted by molar-refractivity contribution is 4.90. The summed E-state index contributed by atoms with van der Waals surface area (Å²) in [5.41, 5.74) is 0. The molecule has 2 saturated carbocycles. The van der Waals surface area contributed by atoms with Crippen LogP contribution in [-0.2, 0) is 0 Å². The van der Waals surface area contributed by atoms with Gasteiger partial charge in [0.05, 0.1) is 0 Å². The van der Waals surface area contributed by atoms with E-state index in [9.17, 15) is 0 Å². The molecule has 1 N–H and O–H groups in total. The lowest BCUT2D eigenvalue weighted by atomic mass is 9.61. The van der Waals surface area contributed by atoms with Crippen molar-refractivity contribution in [3.8, 4) is 0 Å². The van der Waals surface area contributed by atoms with Gasteiger partial charge in [-0.2, -0.15) is 0 Å². The molecule has 76 valence electrons. The van der Waals surface area contributed by atoms with Crippen LogP contribution in [0.15, 0.2) is 0 Å². The van der Waals surface area contributed by atoms with Gasteiger partial charge < -0.3 is 5.32 Å². The maximum atomic E-state index is 3.58. The first kappa shape index (κ1) is 9.51. The van der Waals surface area contributed by atoms with Crippen LogP contribution in [0.3, 0.4) is 0 Å². The van der Waals surface area contributed by atoms with Crippen molar-refractivity contribution < 1.29 is 0 Å². The zero-order valence-corrected chi connectivity index (χ0v) is 9.05. The molecule has 0 radical (unpaired) electrons. The van der Waals surface area contributed by atoms with E-state index in [1.54, 1.807) is 0 Å². The van der Waals surface area contributed by atoms with Gasteiger partial charge in [-0.3, -0.25) is 0 Å². The third kappa shape index (κ3) is 2.07. The molecule has 2 rings (SSSR count). The van der Waals surface area contributed by atoms with Crippen LogP contribution < -0.4 is 5.32 Å². The molecule has 0 aromatic rings. The van der Waals surface area contributed by atoms with Crippen molar-refractivity contribution in [1.82, 2.24) is 5.32 Å². The third-order valence-corrected chi connectivity index (χ3v) is 4.02. The van der Waals surface area contributed by atoms with Crippen molar-refractivity contribution in [3.63, 3.8) is 0 Å². The molecule has 0 aliphatic heterocycles. The molecule has 0 heterocycles. The summed E-state index contributed by atoms with van der Waals surface area (Å²) in [6.07, 6.45) is 7.58. The summed E-state index contributed by atoms with van der Waals surface area (Å²) in [6.45, 7) is 5.77. The van der Waals surface area contributed by atoms with Crippen molar-refractivity contribution in [2.24, 2.45) is 17.8 Å². The monoisotopic (exact) mass is 181 g/mol. The number of rotatable bonds is 4. The maximum absolute atomic E-state index is 3.58. The minimum absolute atomic E-state index is 0.669. The van der Waals surface area contributed by atoms with Crippen molar-refractivity contribution in [1.29, 1.82) is 0 Å². The zero-order chi connectivity index (χ0) is 9.26. The molecule has 0 bridgehead atoms. The fourth-order valence-corrected chi connectivity index (χ4v) is 2.72. The average Bonchev–Trinajstić information content (AvgIpc) is 1.93. The quantitative estimate of drug-likeness (QED) is 0.703. The summed E-state index contributed by atoms with van der Waals surface area (Å²) in [6, 6.07) is 0.669. The van der Waals surface area contributed by atoms with Gasteiger partial charge in [-0.15, -0.1) is 0 Å². The topological polar surface area (TPSA) is 12.0 Å². The second-order valence-electron chi connectivity index (χ2n) is 5.26. The standard InChI is InChI=1S/C12H23N/c1-9(2)13-8-11-6-7-12(11)10-4-3-5-10/h9-13H,3-8H2,1-2H3. The smallest absolute Gasteiger partial charge is 0.00104 e. The van der Waals surface area contributed by atoms with Gasteiger partial charge in [0.1, 0.15) is 0 Å². The minimum Gasteiger partial charge on any atom is -0.314 e. The molecule has 0 amide bonds. The Labute approximate surface area is 82.3 Å². The highest BCUT2D eigenvalue weighted by atomic mass is 14.9. The summed E-state index contributed by atoms with van der Waals surface area (Å²) in [5, 5.41) is 3.58. The highest BCUT2D eigenvalue weighted by Gasteiger charge is 2.38. The van der Waals surface area contributed by atoms with Crippen LogP contribution in [0.2, 0.25) is 0 Å². The SMILES string of the molecule is CC(C)NCC1CCC1C1CCC1. The predicted octanol–water partition coefficient (Wildman–Crippen LogP) is 2.81. The highest BCUT2D eigenvalue weighted by Crippen LogP contribution is 2.47. The first-order valence-corrected chi connectivity index (χ1v) is 6.00. The zero-order valence-electron chi connectivity index (χ0n) is 9.05. The summed E-state index contributed by atoms with van der Waals surface area (Å²) in [4.78, 5) is 0. The lowest BCUT2D eigenvalue weighted by molar-refractivity contribution is 0.0548. The first-order valence-electron chi connectivity index (χ1n) is 6.00. The molecule has 0 aromatic carbocycles. The Hall–Kier alpha value is -0.0400. The molecule has 2 unspecified atom stereocenters. The summed E-state index contributed by atoms with van der Waals surface area (Å²) < 4.78 is 0. The number of hydrogen-bond acceptors (Lipinski definition) is 1. The second-order valence-corrected chi connectivity index (χ2v) is 5.26. The summed E-state index contributed by atoms with van der Waals surface area (Å²) >= 11 is 0. The second kappa shape index (κ2) is 4.00. The molecule has 2 aliphatic carbocycles. The Balaban J connectivity index is 1.68. The van der Waals surface area contributed by atoms with Crippen LogP contribution >= 0.6 is 0 Å². The van der Waals surface area contributed by atoms with Gasteiger partial charge in [-0.1, -0.05) is 33.1 Å². The molecule has 0 aromatic heterocycles. The Morgan fingerprint density at radius 2 is 1.92 bits per heavy atom. The number of hydrogen-bond donors (Lipinski definition) is 1. The predicted molar refractivity (Wildman–Crippen MR) is 56.7 cm³/mol. The van der Waals surface area contributed by atoms with E-state index < -0.39 is 0 Å². The molecule has 0 saturated heterocycles. The molecular formula is C12H23N. The van der Waals surface area contributed by atoms with E-state index in [1.165, 1.54) is 38.6 Å². The minimum atomic E-state index is 0.669. The van der Waals surface area contributed by atoms with Gasteiger partial charge in [0.25, 0.3) is 0 Å². The van der Waals surface area contributed by atoms with Crippen LogP contribution in [0.25, 0.3) is 0 Å². The van der Waals surface area contributed by atoms with Crippen molar-refractivity contribution >= 4 is 0 Å². The van der Waals surface area contributed by atoms with E-state index in [0.717, 1.165) is 17.8 Å². The van der Waals surface area contributed by atoms with Crippen LogP contribution in [-0.4, -0.2) is 12.6 Å². The Bertz CT molecular complexity index is 161. The van der Waals surface area contributed by atoms with E-state index in [1.807, 2.05) is 0 Å². The molecular weight excluding hydrogens is 158 g/mol. The molecule has 13 heavy (non-hydrogen) atoms. The average molecular weight is 181 g/mol. The fourth-order valence-electron chi connectivity index (χ4n) is 2.72. The van der Waals surface area contributed by atoms with Crippen LogP contribution in [0.1, 0.15) is 46.0 Å². The lowest BCUT2D eigenvalue weighted by Crippen LogP contribution is -2.42. The fraction of sp³-hybridized carbons (Fsp3) is 1.00. The molecule has 0 spiro atoms. The largest absolute Gasteiger partial charge is 0.314 e. The van der Waals surface area contributed by atoms with Gasteiger partial charge in [0, 0.05) is 6.04 Å². The van der Waals surface area contributed by atoms with E-state index in [4.69, 9.17) is 0 Å². The van der Waals surface area contributed by atoms with Crippen molar-refractivity contribution in [2.75, 3.05) is 6.54 Å². The summed E-state index contributed by atoms with van der Waals surface area (Å²) in [7, 11) is 0. The van der Waals surface area contributed by atoms with Gasteiger partial charge in [0.15, 0.2) is 0 Å². The van der Waals surface area contributed by atoms with Crippen molar-refractivity contribution in [2.45, 2.75) is 52.0 Å². The molecule has 2 atom stereocenters. The molecule has 2 fully saturated rings. The maximum Gasteiger partial charge on any atom is 0.00104 e. The molecule has 1 heteroatoms. The van der Waals surface area contributed by atoms with Crippen molar-refractivity contribution in [3.05, 3.63) is 0 Å². The normalized spacial score (nSPS) is 34.4. The number of nitrogens with one attached hydrogen (secondary N) is 1. The first-order chi connectivity index (χ1) is 6.27. The van der Waals surface area contributed by atoms with E-state index in [2.05, 4.69) is 19.2 Å². The van der Waals surface area contributed by atoms with Gasteiger partial charge >= 0.3 is 0 Å².